The van der Waals surface area contributed by atoms with Crippen LogP contribution in [0.15, 0.2) is 60.4 Å². The SMILES string of the molecule is CCc1ccc(/C=C2\Oc3c(ccc(O)c3CN3CCN(Cc4ccc5c(c4)OCO5)CC3)C2=O)cc1. The van der Waals surface area contributed by atoms with Crippen LogP contribution in [-0.2, 0) is 19.5 Å². The molecule has 3 heterocycles. The molecular formula is C30H30N2O5. The summed E-state index contributed by atoms with van der Waals surface area (Å²) >= 11 is 0. The van der Waals surface area contributed by atoms with Crippen molar-refractivity contribution in [3.63, 3.8) is 0 Å². The van der Waals surface area contributed by atoms with Crippen LogP contribution in [-0.4, -0.2) is 53.7 Å². The molecule has 0 atom stereocenters. The number of fused-ring (bicyclic) bond motifs is 2. The molecule has 7 nitrogen and oxygen atoms in total. The minimum atomic E-state index is -0.149. The molecular weight excluding hydrogens is 468 g/mol. The van der Waals surface area contributed by atoms with Gasteiger partial charge < -0.3 is 19.3 Å². The fourth-order valence-electron chi connectivity index (χ4n) is 5.08. The molecule has 190 valence electrons. The van der Waals surface area contributed by atoms with Gasteiger partial charge in [-0.25, -0.2) is 0 Å². The Balaban J connectivity index is 1.12. The predicted molar refractivity (Wildman–Crippen MR) is 140 cm³/mol. The summed E-state index contributed by atoms with van der Waals surface area (Å²) in [5.41, 5.74) is 4.53. The zero-order chi connectivity index (χ0) is 25.4. The summed E-state index contributed by atoms with van der Waals surface area (Å²) in [7, 11) is 0. The van der Waals surface area contributed by atoms with Crippen molar-refractivity contribution in [3.8, 4) is 23.0 Å². The molecule has 3 aliphatic rings. The van der Waals surface area contributed by atoms with Gasteiger partial charge in [-0.1, -0.05) is 37.3 Å². The number of aromatic hydroxyl groups is 1. The van der Waals surface area contributed by atoms with Crippen molar-refractivity contribution < 1.29 is 24.1 Å². The van der Waals surface area contributed by atoms with E-state index >= 15 is 0 Å². The molecule has 0 aromatic heterocycles. The molecule has 0 radical (unpaired) electrons. The summed E-state index contributed by atoms with van der Waals surface area (Å²) in [6, 6.07) is 17.5. The second-order valence-electron chi connectivity index (χ2n) is 9.71. The third-order valence-corrected chi connectivity index (χ3v) is 7.29. The first-order chi connectivity index (χ1) is 18.1. The van der Waals surface area contributed by atoms with Crippen molar-refractivity contribution in [1.82, 2.24) is 9.80 Å². The summed E-state index contributed by atoms with van der Waals surface area (Å²) in [5, 5.41) is 10.7. The highest BCUT2D eigenvalue weighted by molar-refractivity contribution is 6.15. The lowest BCUT2D eigenvalue weighted by atomic mass is 10.0. The summed E-state index contributed by atoms with van der Waals surface area (Å²) in [6.45, 7) is 7.29. The molecule has 0 bridgehead atoms. The number of Topliss-reactive ketones (excluding diaryl/α,β-unsaturated/α-hetero) is 1. The first kappa shape index (κ1) is 23.6. The molecule has 3 aromatic carbocycles. The second-order valence-corrected chi connectivity index (χ2v) is 9.71. The van der Waals surface area contributed by atoms with Crippen molar-refractivity contribution in [2.45, 2.75) is 26.4 Å². The van der Waals surface area contributed by atoms with E-state index < -0.39 is 0 Å². The topological polar surface area (TPSA) is 71.5 Å². The van der Waals surface area contributed by atoms with E-state index in [9.17, 15) is 9.90 Å². The number of hydrogen-bond donors (Lipinski definition) is 1. The van der Waals surface area contributed by atoms with E-state index in [4.69, 9.17) is 14.2 Å². The third kappa shape index (κ3) is 4.80. The predicted octanol–water partition coefficient (Wildman–Crippen LogP) is 4.62. The van der Waals surface area contributed by atoms with Crippen molar-refractivity contribution in [2.75, 3.05) is 33.0 Å². The number of ether oxygens (including phenoxy) is 3. The zero-order valence-electron chi connectivity index (χ0n) is 20.9. The Morgan fingerprint density at radius 1 is 0.865 bits per heavy atom. The molecule has 0 unspecified atom stereocenters. The van der Waals surface area contributed by atoms with Crippen molar-refractivity contribution in [2.24, 2.45) is 0 Å². The van der Waals surface area contributed by atoms with Crippen LogP contribution in [0.2, 0.25) is 0 Å². The maximum atomic E-state index is 13.1. The number of phenols is 1. The van der Waals surface area contributed by atoms with Crippen LogP contribution in [0.5, 0.6) is 23.0 Å². The average Bonchev–Trinajstić information content (AvgIpc) is 3.51. The molecule has 1 N–H and O–H groups in total. The Hall–Kier alpha value is -3.81. The molecule has 37 heavy (non-hydrogen) atoms. The van der Waals surface area contributed by atoms with Gasteiger partial charge >= 0.3 is 0 Å². The van der Waals surface area contributed by atoms with Gasteiger partial charge in [0.1, 0.15) is 11.5 Å². The maximum absolute atomic E-state index is 13.1. The first-order valence-corrected chi connectivity index (χ1v) is 12.8. The van der Waals surface area contributed by atoms with Gasteiger partial charge in [0, 0.05) is 39.3 Å². The van der Waals surface area contributed by atoms with E-state index in [0.717, 1.165) is 56.2 Å². The van der Waals surface area contributed by atoms with E-state index in [-0.39, 0.29) is 18.3 Å². The molecule has 0 amide bonds. The minimum Gasteiger partial charge on any atom is -0.507 e. The van der Waals surface area contributed by atoms with Crippen LogP contribution < -0.4 is 14.2 Å². The molecule has 0 saturated carbocycles. The normalized spacial score (nSPS) is 18.3. The highest BCUT2D eigenvalue weighted by Gasteiger charge is 2.32. The summed E-state index contributed by atoms with van der Waals surface area (Å²) in [6.07, 6.45) is 2.74. The average molecular weight is 499 g/mol. The van der Waals surface area contributed by atoms with Crippen molar-refractivity contribution in [3.05, 3.63) is 88.2 Å². The monoisotopic (exact) mass is 498 g/mol. The number of allylic oxidation sites excluding steroid dienone is 1. The lowest BCUT2D eigenvalue weighted by Crippen LogP contribution is -2.45. The Bertz CT molecular complexity index is 1360. The molecule has 6 rings (SSSR count). The van der Waals surface area contributed by atoms with Gasteiger partial charge in [-0.2, -0.15) is 0 Å². The lowest BCUT2D eigenvalue weighted by Gasteiger charge is -2.35. The van der Waals surface area contributed by atoms with E-state index in [2.05, 4.69) is 41.0 Å². The fourth-order valence-corrected chi connectivity index (χ4v) is 5.08. The number of piperazine rings is 1. The van der Waals surface area contributed by atoms with E-state index in [0.29, 0.717) is 29.2 Å². The van der Waals surface area contributed by atoms with Crippen LogP contribution in [0, 0.1) is 0 Å². The van der Waals surface area contributed by atoms with Crippen LogP contribution >= 0.6 is 0 Å². The molecule has 1 saturated heterocycles. The minimum absolute atomic E-state index is 0.149. The van der Waals surface area contributed by atoms with Gasteiger partial charge in [0.25, 0.3) is 0 Å². The van der Waals surface area contributed by atoms with Crippen LogP contribution in [0.25, 0.3) is 6.08 Å². The van der Waals surface area contributed by atoms with Crippen molar-refractivity contribution >= 4 is 11.9 Å². The van der Waals surface area contributed by atoms with E-state index in [1.54, 1.807) is 18.2 Å². The number of carbonyl (C=O) groups excluding carboxylic acids is 1. The first-order valence-electron chi connectivity index (χ1n) is 12.8. The Morgan fingerprint density at radius 2 is 1.57 bits per heavy atom. The highest BCUT2D eigenvalue weighted by Crippen LogP contribution is 2.40. The van der Waals surface area contributed by atoms with E-state index in [1.807, 2.05) is 18.2 Å². The molecule has 7 heteroatoms. The molecule has 0 aliphatic carbocycles. The third-order valence-electron chi connectivity index (χ3n) is 7.29. The van der Waals surface area contributed by atoms with Gasteiger partial charge in [0.05, 0.1) is 11.1 Å². The van der Waals surface area contributed by atoms with Crippen LogP contribution in [0.3, 0.4) is 0 Å². The van der Waals surface area contributed by atoms with Gasteiger partial charge in [-0.3, -0.25) is 14.6 Å². The van der Waals surface area contributed by atoms with E-state index in [1.165, 1.54) is 11.1 Å². The highest BCUT2D eigenvalue weighted by atomic mass is 16.7. The smallest absolute Gasteiger partial charge is 0.231 e. The summed E-state index contributed by atoms with van der Waals surface area (Å²) in [5.74, 6) is 2.39. The summed E-state index contributed by atoms with van der Waals surface area (Å²) < 4.78 is 17.0. The quantitative estimate of drug-likeness (QED) is 0.498. The largest absolute Gasteiger partial charge is 0.507 e. The molecule has 3 aliphatic heterocycles. The Kier molecular flexibility index (Phi) is 6.32. The van der Waals surface area contributed by atoms with Crippen LogP contribution in [0.1, 0.15) is 39.5 Å². The number of carbonyl (C=O) groups is 1. The number of phenolic OH excluding ortho intramolecular Hbond substituents is 1. The number of benzene rings is 3. The van der Waals surface area contributed by atoms with Gasteiger partial charge in [-0.05, 0) is 53.5 Å². The van der Waals surface area contributed by atoms with Gasteiger partial charge in [0.2, 0.25) is 12.6 Å². The van der Waals surface area contributed by atoms with Gasteiger partial charge in [0.15, 0.2) is 17.3 Å². The molecule has 3 aromatic rings. The molecule has 0 spiro atoms. The zero-order valence-corrected chi connectivity index (χ0v) is 20.9. The Morgan fingerprint density at radius 3 is 2.32 bits per heavy atom. The van der Waals surface area contributed by atoms with Gasteiger partial charge in [-0.15, -0.1) is 0 Å². The molecule has 1 fully saturated rings. The standard InChI is InChI=1S/C30H30N2O5/c1-2-20-3-5-21(6-4-20)15-28-29(34)23-8-9-25(33)24(30(23)37-28)18-32-13-11-31(12-14-32)17-22-7-10-26-27(16-22)36-19-35-26/h3-10,15-16,33H,2,11-14,17-19H2,1H3/b28-15-. The number of rotatable bonds is 6. The number of ketones is 1. The van der Waals surface area contributed by atoms with Crippen molar-refractivity contribution in [1.29, 1.82) is 0 Å². The summed E-state index contributed by atoms with van der Waals surface area (Å²) in [4.78, 5) is 17.8. The van der Waals surface area contributed by atoms with Crippen LogP contribution in [0.4, 0.5) is 0 Å². The number of nitrogens with zero attached hydrogens (tertiary/aromatic N) is 2. The number of hydrogen-bond acceptors (Lipinski definition) is 7. The lowest BCUT2D eigenvalue weighted by molar-refractivity contribution is 0.101. The fraction of sp³-hybridized carbons (Fsp3) is 0.300. The maximum Gasteiger partial charge on any atom is 0.231 e. The Labute approximate surface area is 216 Å². The second kappa shape index (κ2) is 9.92. The number of aryl methyl sites for hydroxylation is 1.